The molecule has 0 unspecified atom stereocenters. The molecule has 134 valence electrons. The summed E-state index contributed by atoms with van der Waals surface area (Å²) < 4.78 is 0. The average Bonchev–Trinajstić information content (AvgIpc) is 3.39. The molecule has 5 nitrogen and oxygen atoms in total. The maximum atomic E-state index is 11.5. The van der Waals surface area contributed by atoms with Crippen molar-refractivity contribution in [2.24, 2.45) is 10.9 Å². The van der Waals surface area contributed by atoms with Gasteiger partial charge in [-0.2, -0.15) is 0 Å². The fourth-order valence-corrected chi connectivity index (χ4v) is 2.96. The first kappa shape index (κ1) is 21.1. The first-order valence-corrected chi connectivity index (χ1v) is 9.22. The highest BCUT2D eigenvalue weighted by atomic mass is 127. The molecule has 0 spiro atoms. The van der Waals surface area contributed by atoms with E-state index in [2.05, 4.69) is 52.3 Å². The molecule has 0 heterocycles. The molecule has 1 aliphatic carbocycles. The van der Waals surface area contributed by atoms with E-state index in [0.717, 1.165) is 25.3 Å². The Morgan fingerprint density at radius 2 is 1.96 bits per heavy atom. The van der Waals surface area contributed by atoms with Gasteiger partial charge in [0.1, 0.15) is 0 Å². The van der Waals surface area contributed by atoms with Crippen LogP contribution in [0.15, 0.2) is 28.1 Å². The monoisotopic (exact) mass is 462 g/mol. The van der Waals surface area contributed by atoms with Crippen LogP contribution in [0.5, 0.6) is 0 Å². The van der Waals surface area contributed by atoms with Crippen molar-refractivity contribution in [3.8, 4) is 0 Å². The Morgan fingerprint density at radius 1 is 1.25 bits per heavy atom. The van der Waals surface area contributed by atoms with E-state index in [-0.39, 0.29) is 35.8 Å². The molecule has 1 aromatic carbocycles. The lowest BCUT2D eigenvalue weighted by molar-refractivity contribution is -0.122. The van der Waals surface area contributed by atoms with Gasteiger partial charge < -0.3 is 16.0 Å². The Bertz CT molecular complexity index is 576. The number of thioether (sulfide) groups is 1. The van der Waals surface area contributed by atoms with Gasteiger partial charge in [-0.25, -0.2) is 0 Å². The summed E-state index contributed by atoms with van der Waals surface area (Å²) in [6.45, 7) is 4.12. The molecular formula is C17H27IN4OS. The van der Waals surface area contributed by atoms with Crippen LogP contribution in [0.2, 0.25) is 0 Å². The second-order valence-corrected chi connectivity index (χ2v) is 6.58. The SMILES string of the molecule is CN=C(NCCNC(=O)C1CC1)NCc1ccc(C)cc1SC.I. The maximum Gasteiger partial charge on any atom is 0.223 e. The first-order valence-electron chi connectivity index (χ1n) is 7.99. The van der Waals surface area contributed by atoms with Crippen molar-refractivity contribution in [3.05, 3.63) is 29.3 Å². The molecule has 0 bridgehead atoms. The van der Waals surface area contributed by atoms with Gasteiger partial charge in [0.15, 0.2) is 5.96 Å². The third-order valence-corrected chi connectivity index (χ3v) is 4.60. The Morgan fingerprint density at radius 3 is 2.58 bits per heavy atom. The number of halogens is 1. The minimum atomic E-state index is 0. The van der Waals surface area contributed by atoms with Gasteiger partial charge in [-0.3, -0.25) is 9.79 Å². The molecule has 1 aromatic rings. The van der Waals surface area contributed by atoms with Crippen molar-refractivity contribution in [1.82, 2.24) is 16.0 Å². The number of hydrogen-bond donors (Lipinski definition) is 3. The molecule has 1 saturated carbocycles. The minimum Gasteiger partial charge on any atom is -0.355 e. The molecule has 7 heteroatoms. The molecule has 0 aliphatic heterocycles. The summed E-state index contributed by atoms with van der Waals surface area (Å²) in [7, 11) is 1.75. The number of aliphatic imine (C=N–C) groups is 1. The van der Waals surface area contributed by atoms with Crippen LogP contribution in [0.3, 0.4) is 0 Å². The second kappa shape index (κ2) is 10.8. The highest BCUT2D eigenvalue weighted by molar-refractivity contribution is 14.0. The quantitative estimate of drug-likeness (QED) is 0.192. The highest BCUT2D eigenvalue weighted by Crippen LogP contribution is 2.28. The van der Waals surface area contributed by atoms with Crippen molar-refractivity contribution in [1.29, 1.82) is 0 Å². The lowest BCUT2D eigenvalue weighted by Crippen LogP contribution is -2.41. The van der Waals surface area contributed by atoms with Gasteiger partial charge in [-0.05, 0) is 43.2 Å². The predicted molar refractivity (Wildman–Crippen MR) is 112 cm³/mol. The fourth-order valence-electron chi connectivity index (χ4n) is 2.25. The van der Waals surface area contributed by atoms with Gasteiger partial charge in [-0.15, -0.1) is 35.7 Å². The lowest BCUT2D eigenvalue weighted by Gasteiger charge is -2.14. The second-order valence-electron chi connectivity index (χ2n) is 5.73. The highest BCUT2D eigenvalue weighted by Gasteiger charge is 2.28. The Balaban J connectivity index is 0.00000288. The van der Waals surface area contributed by atoms with Crippen LogP contribution in [-0.4, -0.2) is 38.3 Å². The summed E-state index contributed by atoms with van der Waals surface area (Å²) in [6.07, 6.45) is 4.17. The van der Waals surface area contributed by atoms with E-state index in [0.29, 0.717) is 13.1 Å². The Hall–Kier alpha value is -0.960. The number of benzene rings is 1. The van der Waals surface area contributed by atoms with Crippen LogP contribution in [0, 0.1) is 12.8 Å². The number of amides is 1. The standard InChI is InChI=1S/C17H26N4OS.HI/c1-12-4-5-14(15(10-12)23-3)11-21-17(18-2)20-9-8-19-16(22)13-6-7-13;/h4-5,10,13H,6-9,11H2,1-3H3,(H,19,22)(H2,18,20,21);1H. The van der Waals surface area contributed by atoms with E-state index in [1.807, 2.05) is 0 Å². The average molecular weight is 462 g/mol. The molecule has 24 heavy (non-hydrogen) atoms. The molecule has 1 aliphatic rings. The molecule has 0 atom stereocenters. The van der Waals surface area contributed by atoms with E-state index >= 15 is 0 Å². The van der Waals surface area contributed by atoms with Crippen LogP contribution in [0.1, 0.15) is 24.0 Å². The van der Waals surface area contributed by atoms with Gasteiger partial charge in [0.25, 0.3) is 0 Å². The van der Waals surface area contributed by atoms with E-state index in [1.165, 1.54) is 16.0 Å². The van der Waals surface area contributed by atoms with Crippen molar-refractivity contribution in [3.63, 3.8) is 0 Å². The van der Waals surface area contributed by atoms with E-state index in [1.54, 1.807) is 18.8 Å². The summed E-state index contributed by atoms with van der Waals surface area (Å²) in [5.74, 6) is 1.19. The van der Waals surface area contributed by atoms with Crippen LogP contribution in [0.25, 0.3) is 0 Å². The summed E-state index contributed by atoms with van der Waals surface area (Å²) in [5.41, 5.74) is 2.53. The molecule has 2 rings (SSSR count). The van der Waals surface area contributed by atoms with E-state index < -0.39 is 0 Å². The topological polar surface area (TPSA) is 65.5 Å². The van der Waals surface area contributed by atoms with E-state index in [4.69, 9.17) is 0 Å². The number of aryl methyl sites for hydroxylation is 1. The van der Waals surface area contributed by atoms with Crippen LogP contribution >= 0.6 is 35.7 Å². The zero-order valence-electron chi connectivity index (χ0n) is 14.5. The number of guanidine groups is 1. The summed E-state index contributed by atoms with van der Waals surface area (Å²) in [5, 5.41) is 9.47. The number of carbonyl (C=O) groups is 1. The van der Waals surface area contributed by atoms with Gasteiger partial charge in [0, 0.05) is 37.5 Å². The van der Waals surface area contributed by atoms with E-state index in [9.17, 15) is 4.79 Å². The smallest absolute Gasteiger partial charge is 0.223 e. The third kappa shape index (κ3) is 6.88. The van der Waals surface area contributed by atoms with Crippen molar-refractivity contribution < 1.29 is 4.79 Å². The molecule has 1 amide bonds. The van der Waals surface area contributed by atoms with Crippen molar-refractivity contribution >= 4 is 47.6 Å². The number of nitrogens with zero attached hydrogens (tertiary/aromatic N) is 1. The predicted octanol–water partition coefficient (Wildman–Crippen LogP) is 2.53. The fraction of sp³-hybridized carbons (Fsp3) is 0.529. The minimum absolute atomic E-state index is 0. The Kier molecular flexibility index (Phi) is 9.50. The summed E-state index contributed by atoms with van der Waals surface area (Å²) >= 11 is 1.75. The molecule has 0 saturated heterocycles. The largest absolute Gasteiger partial charge is 0.355 e. The zero-order valence-corrected chi connectivity index (χ0v) is 17.7. The summed E-state index contributed by atoms with van der Waals surface area (Å²) in [4.78, 5) is 17.0. The van der Waals surface area contributed by atoms with Gasteiger partial charge in [-0.1, -0.05) is 12.1 Å². The van der Waals surface area contributed by atoms with Crippen LogP contribution < -0.4 is 16.0 Å². The first-order chi connectivity index (χ1) is 11.1. The van der Waals surface area contributed by atoms with Crippen molar-refractivity contribution in [2.45, 2.75) is 31.2 Å². The molecule has 1 fully saturated rings. The van der Waals surface area contributed by atoms with Gasteiger partial charge >= 0.3 is 0 Å². The normalized spacial score (nSPS) is 13.9. The maximum absolute atomic E-state index is 11.5. The van der Waals surface area contributed by atoms with Crippen molar-refractivity contribution in [2.75, 3.05) is 26.4 Å². The van der Waals surface area contributed by atoms with Crippen LogP contribution in [-0.2, 0) is 11.3 Å². The lowest BCUT2D eigenvalue weighted by atomic mass is 10.1. The number of hydrogen-bond acceptors (Lipinski definition) is 3. The Labute approximate surface area is 165 Å². The third-order valence-electron chi connectivity index (χ3n) is 3.78. The van der Waals surface area contributed by atoms with Gasteiger partial charge in [0.05, 0.1) is 0 Å². The van der Waals surface area contributed by atoms with Crippen LogP contribution in [0.4, 0.5) is 0 Å². The molecule has 3 N–H and O–H groups in total. The molecular weight excluding hydrogens is 435 g/mol. The zero-order chi connectivity index (χ0) is 16.7. The van der Waals surface area contributed by atoms with Gasteiger partial charge in [0.2, 0.25) is 5.91 Å². The number of rotatable bonds is 7. The number of nitrogens with one attached hydrogen (secondary N) is 3. The molecule has 0 radical (unpaired) electrons. The summed E-state index contributed by atoms with van der Waals surface area (Å²) in [6, 6.07) is 6.48. The number of carbonyl (C=O) groups excluding carboxylic acids is 1. The molecule has 0 aromatic heterocycles.